The van der Waals surface area contributed by atoms with Crippen LogP contribution in [0.4, 0.5) is 0 Å². The lowest BCUT2D eigenvalue weighted by Gasteiger charge is -2.35. The van der Waals surface area contributed by atoms with Crippen LogP contribution in [0.2, 0.25) is 0 Å². The summed E-state index contributed by atoms with van der Waals surface area (Å²) < 4.78 is 12.4. The predicted octanol–water partition coefficient (Wildman–Crippen LogP) is 1.57. The maximum absolute atomic E-state index is 11.6. The first kappa shape index (κ1) is 14.6. The van der Waals surface area contributed by atoms with Crippen molar-refractivity contribution in [3.63, 3.8) is 0 Å². The van der Waals surface area contributed by atoms with Crippen LogP contribution in [-0.2, 0) is 11.8 Å². The lowest BCUT2D eigenvalue weighted by Crippen LogP contribution is -2.51. The van der Waals surface area contributed by atoms with Crippen LogP contribution in [-0.4, -0.2) is 53.8 Å². The number of pyridine rings is 1. The van der Waals surface area contributed by atoms with Gasteiger partial charge in [0.1, 0.15) is 11.9 Å². The van der Waals surface area contributed by atoms with E-state index in [0.29, 0.717) is 5.56 Å². The molecule has 116 valence electrons. The Morgan fingerprint density at radius 1 is 1.32 bits per heavy atom. The Labute approximate surface area is 129 Å². The van der Waals surface area contributed by atoms with Crippen LogP contribution in [0.5, 0.6) is 5.75 Å². The quantitative estimate of drug-likeness (QED) is 0.802. The molecule has 0 aromatic carbocycles. The van der Waals surface area contributed by atoms with Gasteiger partial charge in [-0.2, -0.15) is 0 Å². The van der Waals surface area contributed by atoms with Gasteiger partial charge in [-0.3, -0.25) is 9.88 Å². The largest absolute Gasteiger partial charge is 0.486 e. The van der Waals surface area contributed by atoms with Crippen LogP contribution in [0.25, 0.3) is 11.4 Å². The molecule has 0 atom stereocenters. The average molecular weight is 301 g/mol. The molecule has 0 saturated carbocycles. The lowest BCUT2D eigenvalue weighted by molar-refractivity contribution is 0.0386. The van der Waals surface area contributed by atoms with Crippen LogP contribution in [0.1, 0.15) is 10.4 Å². The van der Waals surface area contributed by atoms with E-state index in [9.17, 15) is 4.79 Å². The Bertz CT molecular complexity index is 672. The molecule has 0 bridgehead atoms. The number of hydrogen-bond acceptors (Lipinski definition) is 5. The molecule has 0 spiro atoms. The van der Waals surface area contributed by atoms with Crippen molar-refractivity contribution in [2.75, 3.05) is 27.2 Å². The molecule has 0 amide bonds. The number of carbonyl (C=O) groups is 1. The number of likely N-dealkylation sites (tertiary alicyclic amines) is 1. The van der Waals surface area contributed by atoms with Gasteiger partial charge in [-0.15, -0.1) is 0 Å². The third-order valence-corrected chi connectivity index (χ3v) is 3.76. The minimum atomic E-state index is -0.351. The fraction of sp³-hybridized carbons (Fsp3) is 0.375. The molecule has 6 heteroatoms. The highest BCUT2D eigenvalue weighted by molar-refractivity contribution is 5.90. The number of ether oxygens (including phenoxy) is 2. The number of aryl methyl sites for hydroxylation is 1. The van der Waals surface area contributed by atoms with Gasteiger partial charge < -0.3 is 14.0 Å². The minimum Gasteiger partial charge on any atom is -0.486 e. The van der Waals surface area contributed by atoms with E-state index in [1.165, 1.54) is 7.11 Å². The number of rotatable bonds is 4. The fourth-order valence-corrected chi connectivity index (χ4v) is 2.56. The Morgan fingerprint density at radius 2 is 2.09 bits per heavy atom. The van der Waals surface area contributed by atoms with E-state index in [4.69, 9.17) is 9.47 Å². The topological polar surface area (TPSA) is 56.6 Å². The van der Waals surface area contributed by atoms with Crippen LogP contribution in [0, 0.1) is 0 Å². The van der Waals surface area contributed by atoms with E-state index in [-0.39, 0.29) is 12.1 Å². The lowest BCUT2D eigenvalue weighted by atomic mass is 10.2. The second-order valence-corrected chi connectivity index (χ2v) is 5.56. The van der Waals surface area contributed by atoms with Gasteiger partial charge in [0.2, 0.25) is 0 Å². The zero-order valence-corrected chi connectivity index (χ0v) is 12.9. The van der Waals surface area contributed by atoms with Crippen molar-refractivity contribution in [2.24, 2.45) is 7.05 Å². The van der Waals surface area contributed by atoms with E-state index >= 15 is 0 Å². The Morgan fingerprint density at radius 3 is 2.68 bits per heavy atom. The van der Waals surface area contributed by atoms with E-state index in [1.54, 1.807) is 18.5 Å². The molecule has 0 N–H and O–H groups in total. The first-order chi connectivity index (χ1) is 10.6. The van der Waals surface area contributed by atoms with Crippen molar-refractivity contribution in [1.29, 1.82) is 0 Å². The summed E-state index contributed by atoms with van der Waals surface area (Å²) in [5.41, 5.74) is 2.16. The Kier molecular flexibility index (Phi) is 3.85. The highest BCUT2D eigenvalue weighted by atomic mass is 16.5. The molecule has 2 aromatic heterocycles. The monoisotopic (exact) mass is 301 g/mol. The number of hydrogen-bond donors (Lipinski definition) is 0. The summed E-state index contributed by atoms with van der Waals surface area (Å²) in [6, 6.07) is 5.58. The predicted molar refractivity (Wildman–Crippen MR) is 81.9 cm³/mol. The van der Waals surface area contributed by atoms with Crippen molar-refractivity contribution in [1.82, 2.24) is 14.5 Å². The second kappa shape index (κ2) is 5.81. The van der Waals surface area contributed by atoms with E-state index in [1.807, 2.05) is 23.7 Å². The standard InChI is InChI=1S/C16H19N3O3/c1-18-9-13(10-18)22-12-4-5-14(17-7-12)15-6-11(8-19(15)2)16(20)21-3/h4-8,13H,9-10H2,1-3H3. The zero-order valence-electron chi connectivity index (χ0n) is 12.9. The molecule has 3 heterocycles. The van der Waals surface area contributed by atoms with Crippen molar-refractivity contribution < 1.29 is 14.3 Å². The summed E-state index contributed by atoms with van der Waals surface area (Å²) in [4.78, 5) is 18.2. The number of aromatic nitrogens is 2. The van der Waals surface area contributed by atoms with Crippen molar-refractivity contribution in [2.45, 2.75) is 6.10 Å². The Hall–Kier alpha value is -2.34. The van der Waals surface area contributed by atoms with Gasteiger partial charge in [0.15, 0.2) is 0 Å². The molecular formula is C16H19N3O3. The van der Waals surface area contributed by atoms with E-state index in [0.717, 1.165) is 30.2 Å². The second-order valence-electron chi connectivity index (χ2n) is 5.56. The molecule has 1 aliphatic heterocycles. The summed E-state index contributed by atoms with van der Waals surface area (Å²) in [5.74, 6) is 0.417. The normalized spacial score (nSPS) is 15.4. The number of nitrogens with zero attached hydrogens (tertiary/aromatic N) is 3. The first-order valence-corrected chi connectivity index (χ1v) is 7.13. The zero-order chi connectivity index (χ0) is 15.7. The molecule has 1 saturated heterocycles. The molecule has 0 radical (unpaired) electrons. The molecule has 2 aromatic rings. The fourth-order valence-electron chi connectivity index (χ4n) is 2.56. The molecular weight excluding hydrogens is 282 g/mol. The highest BCUT2D eigenvalue weighted by Gasteiger charge is 2.24. The number of methoxy groups -OCH3 is 1. The molecule has 1 aliphatic rings. The van der Waals surface area contributed by atoms with Gasteiger partial charge in [0.05, 0.1) is 30.3 Å². The number of carbonyl (C=O) groups excluding carboxylic acids is 1. The van der Waals surface area contributed by atoms with Gasteiger partial charge in [-0.05, 0) is 25.2 Å². The molecule has 6 nitrogen and oxygen atoms in total. The van der Waals surface area contributed by atoms with Crippen LogP contribution in [0.15, 0.2) is 30.6 Å². The molecule has 0 unspecified atom stereocenters. The van der Waals surface area contributed by atoms with Crippen molar-refractivity contribution in [3.05, 3.63) is 36.2 Å². The molecule has 0 aliphatic carbocycles. The molecule has 3 rings (SSSR count). The van der Waals surface area contributed by atoms with Gasteiger partial charge in [-0.25, -0.2) is 4.79 Å². The van der Waals surface area contributed by atoms with Crippen LogP contribution >= 0.6 is 0 Å². The van der Waals surface area contributed by atoms with E-state index < -0.39 is 0 Å². The summed E-state index contributed by atoms with van der Waals surface area (Å²) in [6.45, 7) is 1.89. The maximum atomic E-state index is 11.6. The number of esters is 1. The van der Waals surface area contributed by atoms with Gasteiger partial charge in [0.25, 0.3) is 0 Å². The van der Waals surface area contributed by atoms with Gasteiger partial charge >= 0.3 is 5.97 Å². The minimum absolute atomic E-state index is 0.249. The maximum Gasteiger partial charge on any atom is 0.339 e. The summed E-state index contributed by atoms with van der Waals surface area (Å²) in [5, 5.41) is 0. The number of likely N-dealkylation sites (N-methyl/N-ethyl adjacent to an activating group) is 1. The van der Waals surface area contributed by atoms with Crippen LogP contribution in [0.3, 0.4) is 0 Å². The third-order valence-electron chi connectivity index (χ3n) is 3.76. The van der Waals surface area contributed by atoms with Crippen LogP contribution < -0.4 is 4.74 Å². The summed E-state index contributed by atoms with van der Waals surface area (Å²) >= 11 is 0. The summed E-state index contributed by atoms with van der Waals surface area (Å²) in [7, 11) is 5.31. The smallest absolute Gasteiger partial charge is 0.339 e. The highest BCUT2D eigenvalue weighted by Crippen LogP contribution is 2.23. The average Bonchev–Trinajstić information content (AvgIpc) is 2.87. The van der Waals surface area contributed by atoms with Crippen molar-refractivity contribution in [3.8, 4) is 17.1 Å². The summed E-state index contributed by atoms with van der Waals surface area (Å²) in [6.07, 6.45) is 3.70. The molecule has 22 heavy (non-hydrogen) atoms. The van der Waals surface area contributed by atoms with E-state index in [2.05, 4.69) is 16.9 Å². The first-order valence-electron chi connectivity index (χ1n) is 7.13. The van der Waals surface area contributed by atoms with Gasteiger partial charge in [-0.1, -0.05) is 0 Å². The SMILES string of the molecule is COC(=O)c1cc(-c2ccc(OC3CN(C)C3)cn2)n(C)c1. The molecule has 1 fully saturated rings. The Balaban J connectivity index is 1.75. The third kappa shape index (κ3) is 2.82. The van der Waals surface area contributed by atoms with Gasteiger partial charge in [0, 0.05) is 26.3 Å². The van der Waals surface area contributed by atoms with Crippen molar-refractivity contribution >= 4 is 5.97 Å².